The van der Waals surface area contributed by atoms with Crippen LogP contribution in [-0.2, 0) is 0 Å². The summed E-state index contributed by atoms with van der Waals surface area (Å²) in [7, 11) is 0. The number of hydrogen-bond donors (Lipinski definition) is 1. The summed E-state index contributed by atoms with van der Waals surface area (Å²) in [5, 5.41) is 0. The minimum Gasteiger partial charge on any atom is -0.463 e. The maximum atomic E-state index is 5.86. The molecule has 3 nitrogen and oxygen atoms in total. The summed E-state index contributed by atoms with van der Waals surface area (Å²) in [4.78, 5) is 4.39. The van der Waals surface area contributed by atoms with Gasteiger partial charge in [-0.15, -0.1) is 0 Å². The van der Waals surface area contributed by atoms with Crippen molar-refractivity contribution < 1.29 is 4.42 Å². The maximum Gasteiger partial charge on any atom is 0.152 e. The molecule has 0 radical (unpaired) electrons. The standard InChI is InChI=1S/C10H12N2O/c1-2-7(11)8-3-4-10-9(12-8)5-6-13-10/h3-7H,2,11H2,1H3. The van der Waals surface area contributed by atoms with Crippen LogP contribution in [0.4, 0.5) is 0 Å². The average molecular weight is 176 g/mol. The van der Waals surface area contributed by atoms with Gasteiger partial charge in [0.15, 0.2) is 5.58 Å². The Morgan fingerprint density at radius 3 is 3.08 bits per heavy atom. The minimum atomic E-state index is 0.0271. The van der Waals surface area contributed by atoms with Crippen LogP contribution in [0.1, 0.15) is 25.1 Å². The highest BCUT2D eigenvalue weighted by Crippen LogP contribution is 2.17. The van der Waals surface area contributed by atoms with Gasteiger partial charge in [0.05, 0.1) is 12.0 Å². The van der Waals surface area contributed by atoms with Gasteiger partial charge in [-0.05, 0) is 18.6 Å². The minimum absolute atomic E-state index is 0.0271. The van der Waals surface area contributed by atoms with Crippen LogP contribution in [0, 0.1) is 0 Å². The highest BCUT2D eigenvalue weighted by molar-refractivity contribution is 5.72. The van der Waals surface area contributed by atoms with Crippen LogP contribution >= 0.6 is 0 Å². The number of aromatic nitrogens is 1. The Morgan fingerprint density at radius 1 is 1.46 bits per heavy atom. The molecule has 0 fully saturated rings. The van der Waals surface area contributed by atoms with Crippen LogP contribution in [0.3, 0.4) is 0 Å². The van der Waals surface area contributed by atoms with Crippen molar-refractivity contribution in [2.75, 3.05) is 0 Å². The third-order valence-corrected chi connectivity index (χ3v) is 2.15. The third kappa shape index (κ3) is 1.42. The predicted octanol–water partition coefficient (Wildman–Crippen LogP) is 2.24. The van der Waals surface area contributed by atoms with Crippen LogP contribution in [0.15, 0.2) is 28.9 Å². The van der Waals surface area contributed by atoms with E-state index in [2.05, 4.69) is 4.98 Å². The Hall–Kier alpha value is -1.35. The van der Waals surface area contributed by atoms with Gasteiger partial charge in [-0.25, -0.2) is 4.98 Å². The molecule has 2 heterocycles. The summed E-state index contributed by atoms with van der Waals surface area (Å²) < 4.78 is 5.18. The topological polar surface area (TPSA) is 52.0 Å². The first-order valence-corrected chi connectivity index (χ1v) is 4.41. The Morgan fingerprint density at radius 2 is 2.31 bits per heavy atom. The molecule has 0 aromatic carbocycles. The first kappa shape index (κ1) is 8.26. The maximum absolute atomic E-state index is 5.86. The van der Waals surface area contributed by atoms with Crippen molar-refractivity contribution in [1.82, 2.24) is 4.98 Å². The molecule has 3 heteroatoms. The normalized spacial score (nSPS) is 13.4. The Balaban J connectivity index is 2.48. The summed E-state index contributed by atoms with van der Waals surface area (Å²) in [6.07, 6.45) is 2.54. The van der Waals surface area contributed by atoms with E-state index in [-0.39, 0.29) is 6.04 Å². The van der Waals surface area contributed by atoms with Gasteiger partial charge in [-0.3, -0.25) is 0 Å². The summed E-state index contributed by atoms with van der Waals surface area (Å²) in [6.45, 7) is 2.05. The van der Waals surface area contributed by atoms with Crippen molar-refractivity contribution in [2.24, 2.45) is 5.73 Å². The number of hydrogen-bond acceptors (Lipinski definition) is 3. The fourth-order valence-electron chi connectivity index (χ4n) is 1.28. The SMILES string of the molecule is CCC(N)c1ccc2occc2n1. The molecule has 0 saturated heterocycles. The van der Waals surface area contributed by atoms with Gasteiger partial charge in [0.1, 0.15) is 5.52 Å². The van der Waals surface area contributed by atoms with Crippen molar-refractivity contribution in [1.29, 1.82) is 0 Å². The molecule has 0 aliphatic rings. The summed E-state index contributed by atoms with van der Waals surface area (Å²) in [5.74, 6) is 0. The van der Waals surface area contributed by atoms with E-state index in [1.807, 2.05) is 25.1 Å². The Labute approximate surface area is 76.6 Å². The molecule has 2 aromatic heterocycles. The zero-order valence-electron chi connectivity index (χ0n) is 7.53. The molecule has 13 heavy (non-hydrogen) atoms. The number of pyridine rings is 1. The van der Waals surface area contributed by atoms with E-state index in [0.717, 1.165) is 23.2 Å². The molecule has 2 aromatic rings. The monoisotopic (exact) mass is 176 g/mol. The van der Waals surface area contributed by atoms with Gasteiger partial charge >= 0.3 is 0 Å². The molecule has 0 aliphatic carbocycles. The van der Waals surface area contributed by atoms with Gasteiger partial charge in [0.2, 0.25) is 0 Å². The van der Waals surface area contributed by atoms with E-state index in [1.165, 1.54) is 0 Å². The second-order valence-corrected chi connectivity index (χ2v) is 3.05. The van der Waals surface area contributed by atoms with Gasteiger partial charge in [0.25, 0.3) is 0 Å². The molecule has 0 saturated carbocycles. The largest absolute Gasteiger partial charge is 0.463 e. The first-order chi connectivity index (χ1) is 6.31. The summed E-state index contributed by atoms with van der Waals surface area (Å²) >= 11 is 0. The van der Waals surface area contributed by atoms with Crippen LogP contribution in [0.25, 0.3) is 11.1 Å². The van der Waals surface area contributed by atoms with Gasteiger partial charge in [-0.1, -0.05) is 6.92 Å². The van der Waals surface area contributed by atoms with E-state index in [9.17, 15) is 0 Å². The smallest absolute Gasteiger partial charge is 0.152 e. The van der Waals surface area contributed by atoms with Crippen LogP contribution in [0.2, 0.25) is 0 Å². The lowest BCUT2D eigenvalue weighted by atomic mass is 10.1. The van der Waals surface area contributed by atoms with Crippen molar-refractivity contribution in [3.8, 4) is 0 Å². The van der Waals surface area contributed by atoms with E-state index >= 15 is 0 Å². The number of nitrogens with two attached hydrogens (primary N) is 1. The highest BCUT2D eigenvalue weighted by Gasteiger charge is 2.06. The molecule has 0 spiro atoms. The van der Waals surface area contributed by atoms with Crippen molar-refractivity contribution in [3.63, 3.8) is 0 Å². The Bertz CT molecular complexity index is 408. The van der Waals surface area contributed by atoms with Crippen LogP contribution in [-0.4, -0.2) is 4.98 Å². The van der Waals surface area contributed by atoms with Crippen molar-refractivity contribution in [3.05, 3.63) is 30.2 Å². The number of rotatable bonds is 2. The molecule has 0 aliphatic heterocycles. The molecular weight excluding hydrogens is 164 g/mol. The lowest BCUT2D eigenvalue weighted by Gasteiger charge is -2.06. The lowest BCUT2D eigenvalue weighted by Crippen LogP contribution is -2.10. The quantitative estimate of drug-likeness (QED) is 0.763. The lowest BCUT2D eigenvalue weighted by molar-refractivity contribution is 0.614. The van der Waals surface area contributed by atoms with E-state index in [1.54, 1.807) is 6.26 Å². The predicted molar refractivity (Wildman–Crippen MR) is 51.2 cm³/mol. The fraction of sp³-hybridized carbons (Fsp3) is 0.300. The first-order valence-electron chi connectivity index (χ1n) is 4.41. The number of fused-ring (bicyclic) bond motifs is 1. The van der Waals surface area contributed by atoms with Crippen molar-refractivity contribution >= 4 is 11.1 Å². The van der Waals surface area contributed by atoms with Crippen molar-refractivity contribution in [2.45, 2.75) is 19.4 Å². The third-order valence-electron chi connectivity index (χ3n) is 2.15. The fourth-order valence-corrected chi connectivity index (χ4v) is 1.28. The highest BCUT2D eigenvalue weighted by atomic mass is 16.3. The number of furan rings is 1. The zero-order valence-corrected chi connectivity index (χ0v) is 7.53. The second-order valence-electron chi connectivity index (χ2n) is 3.05. The van der Waals surface area contributed by atoms with E-state index in [0.29, 0.717) is 0 Å². The van der Waals surface area contributed by atoms with E-state index < -0.39 is 0 Å². The molecule has 1 atom stereocenters. The van der Waals surface area contributed by atoms with Gasteiger partial charge in [0, 0.05) is 12.1 Å². The van der Waals surface area contributed by atoms with Crippen LogP contribution in [0.5, 0.6) is 0 Å². The van der Waals surface area contributed by atoms with Gasteiger partial charge < -0.3 is 10.2 Å². The Kier molecular flexibility index (Phi) is 2.02. The summed E-state index contributed by atoms with van der Waals surface area (Å²) in [5.41, 5.74) is 8.48. The molecule has 2 N–H and O–H groups in total. The number of nitrogens with zero attached hydrogens (tertiary/aromatic N) is 1. The molecule has 68 valence electrons. The second kappa shape index (κ2) is 3.18. The molecule has 2 rings (SSSR count). The zero-order chi connectivity index (χ0) is 9.26. The van der Waals surface area contributed by atoms with E-state index in [4.69, 9.17) is 10.2 Å². The molecule has 0 bridgehead atoms. The average Bonchev–Trinajstić information content (AvgIpc) is 2.63. The van der Waals surface area contributed by atoms with Crippen LogP contribution < -0.4 is 5.73 Å². The molecular formula is C10H12N2O. The summed E-state index contributed by atoms with van der Waals surface area (Å²) in [6, 6.07) is 5.70. The molecule has 1 unspecified atom stereocenters. The molecule has 0 amide bonds. The van der Waals surface area contributed by atoms with Gasteiger partial charge in [-0.2, -0.15) is 0 Å².